The molecule has 0 bridgehead atoms. The minimum Gasteiger partial charge on any atom is -0.493 e. The van der Waals surface area contributed by atoms with Crippen LogP contribution in [-0.2, 0) is 6.61 Å². The average molecular weight is 305 g/mol. The molecule has 2 rings (SSSR count). The molecule has 0 saturated carbocycles. The van der Waals surface area contributed by atoms with E-state index in [0.717, 1.165) is 5.56 Å². The molecule has 0 fully saturated rings. The van der Waals surface area contributed by atoms with Crippen molar-refractivity contribution >= 4 is 23.1 Å². The summed E-state index contributed by atoms with van der Waals surface area (Å²) in [6.45, 7) is 0.476. The Balaban J connectivity index is 2.13. The molecule has 0 unspecified atom stereocenters. The van der Waals surface area contributed by atoms with Gasteiger partial charge in [-0.15, -0.1) is 11.6 Å². The zero-order chi connectivity index (χ0) is 15.1. The van der Waals surface area contributed by atoms with E-state index in [1.807, 2.05) is 42.5 Å². The van der Waals surface area contributed by atoms with Crippen molar-refractivity contribution in [2.75, 3.05) is 13.0 Å². The van der Waals surface area contributed by atoms with Gasteiger partial charge < -0.3 is 15.2 Å². The Labute approximate surface area is 129 Å². The van der Waals surface area contributed by atoms with Gasteiger partial charge in [-0.05, 0) is 17.7 Å². The molecule has 21 heavy (non-hydrogen) atoms. The van der Waals surface area contributed by atoms with Gasteiger partial charge in [-0.1, -0.05) is 30.3 Å². The van der Waals surface area contributed by atoms with E-state index in [9.17, 15) is 0 Å². The quantitative estimate of drug-likeness (QED) is 0.505. The van der Waals surface area contributed by atoms with Crippen LogP contribution in [-0.4, -0.2) is 18.8 Å². The number of alkyl halides is 1. The molecule has 2 N–H and O–H groups in total. The second kappa shape index (κ2) is 7.55. The summed E-state index contributed by atoms with van der Waals surface area (Å²) in [6, 6.07) is 15.3. The van der Waals surface area contributed by atoms with Crippen molar-refractivity contribution in [1.29, 1.82) is 0 Å². The number of rotatable bonds is 6. The third kappa shape index (κ3) is 4.39. The first-order chi connectivity index (χ1) is 10.2. The van der Waals surface area contributed by atoms with E-state index in [1.165, 1.54) is 0 Å². The summed E-state index contributed by atoms with van der Waals surface area (Å²) in [5, 5.41) is 0. The van der Waals surface area contributed by atoms with Crippen molar-refractivity contribution in [2.24, 2.45) is 10.7 Å². The van der Waals surface area contributed by atoms with E-state index in [1.54, 1.807) is 13.2 Å². The SMILES string of the molecule is COc1cc(N=C(N)CCl)ccc1OCc1ccccc1. The molecule has 0 aliphatic heterocycles. The molecule has 0 heterocycles. The van der Waals surface area contributed by atoms with Crippen LogP contribution in [0.5, 0.6) is 11.5 Å². The highest BCUT2D eigenvalue weighted by Crippen LogP contribution is 2.32. The number of hydrogen-bond acceptors (Lipinski definition) is 3. The van der Waals surface area contributed by atoms with Crippen molar-refractivity contribution < 1.29 is 9.47 Å². The average Bonchev–Trinajstić information content (AvgIpc) is 2.54. The predicted molar refractivity (Wildman–Crippen MR) is 85.8 cm³/mol. The maximum Gasteiger partial charge on any atom is 0.162 e. The maximum absolute atomic E-state index is 5.77. The Hall–Kier alpha value is -2.20. The van der Waals surface area contributed by atoms with Crippen LogP contribution in [0.1, 0.15) is 5.56 Å². The fourth-order valence-electron chi connectivity index (χ4n) is 1.78. The Kier molecular flexibility index (Phi) is 5.46. The van der Waals surface area contributed by atoms with Gasteiger partial charge in [0.05, 0.1) is 18.7 Å². The largest absolute Gasteiger partial charge is 0.493 e. The molecule has 0 saturated heterocycles. The third-order valence-electron chi connectivity index (χ3n) is 2.79. The zero-order valence-corrected chi connectivity index (χ0v) is 12.5. The number of ether oxygens (including phenoxy) is 2. The summed E-state index contributed by atoms with van der Waals surface area (Å²) >= 11 is 5.61. The summed E-state index contributed by atoms with van der Waals surface area (Å²) < 4.78 is 11.1. The first-order valence-electron chi connectivity index (χ1n) is 6.46. The molecule has 2 aromatic rings. The monoisotopic (exact) mass is 304 g/mol. The molecule has 0 amide bonds. The lowest BCUT2D eigenvalue weighted by Crippen LogP contribution is -2.12. The predicted octanol–water partition coefficient (Wildman–Crippen LogP) is 3.50. The van der Waals surface area contributed by atoms with E-state index in [4.69, 9.17) is 26.8 Å². The second-order valence-electron chi connectivity index (χ2n) is 4.35. The van der Waals surface area contributed by atoms with Crippen LogP contribution in [0.15, 0.2) is 53.5 Å². The number of amidine groups is 1. The van der Waals surface area contributed by atoms with Crippen LogP contribution < -0.4 is 15.2 Å². The highest BCUT2D eigenvalue weighted by atomic mass is 35.5. The molecular weight excluding hydrogens is 288 g/mol. The van der Waals surface area contributed by atoms with Crippen LogP contribution >= 0.6 is 11.6 Å². The molecule has 0 atom stereocenters. The van der Waals surface area contributed by atoms with Crippen LogP contribution in [0.4, 0.5) is 5.69 Å². The highest BCUT2D eigenvalue weighted by Gasteiger charge is 2.06. The first kappa shape index (κ1) is 15.2. The van der Waals surface area contributed by atoms with Gasteiger partial charge in [0.2, 0.25) is 0 Å². The number of nitrogens with two attached hydrogens (primary N) is 1. The topological polar surface area (TPSA) is 56.8 Å². The molecule has 0 aliphatic rings. The van der Waals surface area contributed by atoms with Gasteiger partial charge in [0.25, 0.3) is 0 Å². The van der Waals surface area contributed by atoms with E-state index in [0.29, 0.717) is 29.6 Å². The summed E-state index contributed by atoms with van der Waals surface area (Å²) in [7, 11) is 1.59. The number of benzene rings is 2. The zero-order valence-electron chi connectivity index (χ0n) is 11.8. The molecule has 0 spiro atoms. The fraction of sp³-hybridized carbons (Fsp3) is 0.188. The smallest absolute Gasteiger partial charge is 0.162 e. The van der Waals surface area contributed by atoms with E-state index in [-0.39, 0.29) is 5.88 Å². The molecule has 2 aromatic carbocycles. The maximum atomic E-state index is 5.77. The number of halogens is 1. The van der Waals surface area contributed by atoms with E-state index in [2.05, 4.69) is 4.99 Å². The van der Waals surface area contributed by atoms with E-state index < -0.39 is 0 Å². The third-order valence-corrected chi connectivity index (χ3v) is 3.07. The minimum absolute atomic E-state index is 0.189. The minimum atomic E-state index is 0.189. The van der Waals surface area contributed by atoms with Crippen LogP contribution in [0.2, 0.25) is 0 Å². The molecule has 0 aromatic heterocycles. The Morgan fingerprint density at radius 1 is 1.14 bits per heavy atom. The molecular formula is C16H17ClN2O2. The lowest BCUT2D eigenvalue weighted by Gasteiger charge is -2.11. The molecule has 0 radical (unpaired) electrons. The number of nitrogens with zero attached hydrogens (tertiary/aromatic N) is 1. The lowest BCUT2D eigenvalue weighted by atomic mass is 10.2. The van der Waals surface area contributed by atoms with Crippen molar-refractivity contribution in [3.63, 3.8) is 0 Å². The van der Waals surface area contributed by atoms with E-state index >= 15 is 0 Å². The summed E-state index contributed by atoms with van der Waals surface area (Å²) in [5.74, 6) is 1.81. The standard InChI is InChI=1S/C16H17ClN2O2/c1-20-15-9-13(19-16(18)10-17)7-8-14(15)21-11-12-5-3-2-4-6-12/h2-9H,10-11H2,1H3,(H2,18,19). The Morgan fingerprint density at radius 2 is 1.90 bits per heavy atom. The van der Waals surface area contributed by atoms with Gasteiger partial charge in [0.15, 0.2) is 11.5 Å². The second-order valence-corrected chi connectivity index (χ2v) is 4.61. The summed E-state index contributed by atoms with van der Waals surface area (Å²) in [4.78, 5) is 4.17. The number of methoxy groups -OCH3 is 1. The van der Waals surface area contributed by atoms with Gasteiger partial charge in [0.1, 0.15) is 12.4 Å². The van der Waals surface area contributed by atoms with Crippen molar-refractivity contribution in [2.45, 2.75) is 6.61 Å². The van der Waals surface area contributed by atoms with Crippen LogP contribution in [0.3, 0.4) is 0 Å². The first-order valence-corrected chi connectivity index (χ1v) is 7.00. The highest BCUT2D eigenvalue weighted by molar-refractivity contribution is 6.28. The van der Waals surface area contributed by atoms with Crippen LogP contribution in [0, 0.1) is 0 Å². The van der Waals surface area contributed by atoms with Gasteiger partial charge in [-0.3, -0.25) is 0 Å². The van der Waals surface area contributed by atoms with Gasteiger partial charge >= 0.3 is 0 Å². The number of hydrogen-bond donors (Lipinski definition) is 1. The van der Waals surface area contributed by atoms with Crippen LogP contribution in [0.25, 0.3) is 0 Å². The Morgan fingerprint density at radius 3 is 2.57 bits per heavy atom. The van der Waals surface area contributed by atoms with Gasteiger partial charge in [0, 0.05) is 6.07 Å². The lowest BCUT2D eigenvalue weighted by molar-refractivity contribution is 0.284. The summed E-state index contributed by atoms with van der Waals surface area (Å²) in [6.07, 6.45) is 0. The molecule has 0 aliphatic carbocycles. The molecule has 5 heteroatoms. The Bertz CT molecular complexity index is 615. The van der Waals surface area contributed by atoms with Crippen molar-refractivity contribution in [3.05, 3.63) is 54.1 Å². The van der Waals surface area contributed by atoms with Gasteiger partial charge in [-0.25, -0.2) is 4.99 Å². The molecule has 4 nitrogen and oxygen atoms in total. The summed E-state index contributed by atoms with van der Waals surface area (Å²) in [5.41, 5.74) is 7.38. The normalized spacial score (nSPS) is 11.2. The molecule has 110 valence electrons. The van der Waals surface area contributed by atoms with Crippen molar-refractivity contribution in [1.82, 2.24) is 0 Å². The van der Waals surface area contributed by atoms with Gasteiger partial charge in [-0.2, -0.15) is 0 Å². The van der Waals surface area contributed by atoms with Crippen molar-refractivity contribution in [3.8, 4) is 11.5 Å². The fourth-order valence-corrected chi connectivity index (χ4v) is 1.84. The number of aliphatic imine (C=N–C) groups is 1.